The van der Waals surface area contributed by atoms with Crippen molar-refractivity contribution in [3.63, 3.8) is 0 Å². The number of nitrogens with one attached hydrogen (secondary N) is 1. The average molecular weight is 766 g/mol. The van der Waals surface area contributed by atoms with Crippen LogP contribution in [0, 0.1) is 11.3 Å². The van der Waals surface area contributed by atoms with E-state index in [1.807, 2.05) is 29.8 Å². The second-order valence-electron chi connectivity index (χ2n) is 13.4. The van der Waals surface area contributed by atoms with Crippen molar-refractivity contribution >= 4 is 14.4 Å². The lowest BCUT2D eigenvalue weighted by Gasteiger charge is -2.24. The molecule has 0 saturated carbocycles. The molecule has 304 valence electrons. The second kappa shape index (κ2) is 32.0. The Bertz CT molecular complexity index is 1170. The quantitative estimate of drug-likeness (QED) is 0.0316. The number of aromatic nitrogens is 1. The smallest absolute Gasteiger partial charge is 0.329 e. The zero-order valence-corrected chi connectivity index (χ0v) is 34.0. The molecule has 2 aliphatic heterocycles. The highest BCUT2D eigenvalue weighted by atomic mass is 31.2. The number of nitriles is 1. The van der Waals surface area contributed by atoms with Crippen molar-refractivity contribution in [3.8, 4) is 6.07 Å². The van der Waals surface area contributed by atoms with Gasteiger partial charge in [0.15, 0.2) is 5.60 Å². The van der Waals surface area contributed by atoms with Crippen molar-refractivity contribution in [3.05, 3.63) is 47.8 Å². The van der Waals surface area contributed by atoms with Gasteiger partial charge in [-0.1, -0.05) is 122 Å². The molecule has 3 unspecified atom stereocenters. The topological polar surface area (TPSA) is 177 Å². The molecule has 53 heavy (non-hydrogen) atoms. The lowest BCUT2D eigenvalue weighted by atomic mass is 10.0. The minimum atomic E-state index is -2.09. The van der Waals surface area contributed by atoms with Gasteiger partial charge in [-0.3, -0.25) is 4.68 Å². The largest absolute Gasteiger partial charge is 0.400 e. The summed E-state index contributed by atoms with van der Waals surface area (Å²) in [5, 5.41) is 25.2. The summed E-state index contributed by atoms with van der Waals surface area (Å²) in [6.07, 6.45) is 26.8. The third-order valence-electron chi connectivity index (χ3n) is 9.36. The molecule has 1 aromatic heterocycles. The molecule has 0 aliphatic carbocycles. The zero-order valence-electron chi connectivity index (χ0n) is 33.1. The number of unbranched alkanes of at least 4 members (excludes halogenated alkanes) is 15. The van der Waals surface area contributed by atoms with Crippen LogP contribution in [0.25, 0.3) is 0 Å². The Balaban J connectivity index is 0.00000139. The zero-order chi connectivity index (χ0) is 39.0. The predicted octanol–water partition coefficient (Wildman–Crippen LogP) is 8.46. The summed E-state index contributed by atoms with van der Waals surface area (Å²) < 4.78 is 24.7. The molecule has 0 spiro atoms. The summed E-state index contributed by atoms with van der Waals surface area (Å²) >= 11 is 0. The molecule has 13 heteroatoms. The first-order chi connectivity index (χ1) is 25.9. The fraction of sp³-hybridized carbons (Fsp3) is 0.750. The molecule has 6 N–H and O–H groups in total. The van der Waals surface area contributed by atoms with E-state index < -0.39 is 14.2 Å². The van der Waals surface area contributed by atoms with E-state index in [0.717, 1.165) is 37.1 Å². The van der Waals surface area contributed by atoms with E-state index in [2.05, 4.69) is 30.0 Å². The lowest BCUT2D eigenvalue weighted by molar-refractivity contribution is -0.0362. The van der Waals surface area contributed by atoms with E-state index in [4.69, 9.17) is 34.5 Å². The number of ether oxygens (including phenoxy) is 2. The van der Waals surface area contributed by atoms with Crippen LogP contribution in [0.15, 0.2) is 41.4 Å². The van der Waals surface area contributed by atoms with Gasteiger partial charge in [0, 0.05) is 20.3 Å². The van der Waals surface area contributed by atoms with E-state index in [0.29, 0.717) is 45.0 Å². The highest BCUT2D eigenvalue weighted by Crippen LogP contribution is 2.43. The standard InChI is InChI=1S/C33H58N5O5P.C6H10O.CH4O/c1-2-3-4-5-6-7-8-9-10-11-12-13-14-15-16-17-23-40-24-18-25-41-44(39)42-27-33(26-34)22-21-31(43-33)29-19-20-30-32(35)36-28-37-38(29)30;1-3-6(4-2)5-7;1-2/h19-20,31,37,39H,2-18,21-25,27-28H2,1H3,(H2,35,36);3-4,7H,1,5H2,2H3;2H,1H3/b;6-4+;. The first-order valence-electron chi connectivity index (χ1n) is 19.9. The van der Waals surface area contributed by atoms with Crippen molar-refractivity contribution in [2.75, 3.05) is 52.2 Å². The Labute approximate surface area is 321 Å². The van der Waals surface area contributed by atoms with Crippen molar-refractivity contribution in [2.45, 2.75) is 148 Å². The predicted molar refractivity (Wildman–Crippen MR) is 216 cm³/mol. The molecule has 2 aliphatic rings. The molecule has 1 aromatic rings. The van der Waals surface area contributed by atoms with Crippen LogP contribution in [-0.2, 0) is 18.5 Å². The van der Waals surface area contributed by atoms with Gasteiger partial charge >= 0.3 is 8.60 Å². The van der Waals surface area contributed by atoms with Crippen LogP contribution in [0.5, 0.6) is 0 Å². The fourth-order valence-corrected chi connectivity index (χ4v) is 6.84. The Hall–Kier alpha value is -2.33. The molecule has 0 bridgehead atoms. The van der Waals surface area contributed by atoms with Crippen molar-refractivity contribution in [1.82, 2.24) is 4.68 Å². The Morgan fingerprint density at radius 1 is 1.00 bits per heavy atom. The third-order valence-corrected chi connectivity index (χ3v) is 10.1. The maximum atomic E-state index is 10.2. The molecule has 3 heterocycles. The molecule has 1 fully saturated rings. The SMILES string of the molecule is C=C/C(=C\C)CO.CCCCCCCCCCCCCCCCCCOCCCOP(O)OCC1(C#N)CCC(c2ccc3n2NCN=C3N)O1.CO. The van der Waals surface area contributed by atoms with Crippen LogP contribution < -0.4 is 11.2 Å². The normalized spacial score (nSPS) is 18.4. The first kappa shape index (κ1) is 48.7. The van der Waals surface area contributed by atoms with E-state index >= 15 is 0 Å². The van der Waals surface area contributed by atoms with Gasteiger partial charge in [0.1, 0.15) is 30.4 Å². The summed E-state index contributed by atoms with van der Waals surface area (Å²) in [5.41, 5.74) is 10.6. The molecular formula is C40H72N5O7P. The molecule has 0 radical (unpaired) electrons. The molecule has 0 amide bonds. The molecular weight excluding hydrogens is 693 g/mol. The van der Waals surface area contributed by atoms with E-state index in [-0.39, 0.29) is 19.3 Å². The molecule has 0 aromatic carbocycles. The van der Waals surface area contributed by atoms with E-state index in [9.17, 15) is 10.2 Å². The van der Waals surface area contributed by atoms with Crippen molar-refractivity contribution < 1.29 is 33.6 Å². The molecule has 3 atom stereocenters. The Morgan fingerprint density at radius 2 is 1.58 bits per heavy atom. The summed E-state index contributed by atoms with van der Waals surface area (Å²) in [6.45, 7) is 9.76. The Morgan fingerprint density at radius 3 is 2.11 bits per heavy atom. The average Bonchev–Trinajstić information content (AvgIpc) is 3.82. The van der Waals surface area contributed by atoms with Crippen molar-refractivity contribution in [1.29, 1.82) is 5.26 Å². The fourth-order valence-electron chi connectivity index (χ4n) is 6.16. The summed E-state index contributed by atoms with van der Waals surface area (Å²) in [5.74, 6) is 0.469. The van der Waals surface area contributed by atoms with E-state index in [1.165, 1.54) is 96.3 Å². The number of fused-ring (bicyclic) bond motifs is 1. The minimum absolute atomic E-state index is 0.0530. The highest BCUT2D eigenvalue weighted by molar-refractivity contribution is 7.40. The second-order valence-corrected chi connectivity index (χ2v) is 14.4. The number of nitrogens with zero attached hydrogens (tertiary/aromatic N) is 3. The van der Waals surface area contributed by atoms with Gasteiger partial charge in [-0.15, -0.1) is 0 Å². The molecule has 12 nitrogen and oxygen atoms in total. The van der Waals surface area contributed by atoms with Crippen molar-refractivity contribution in [2.24, 2.45) is 10.7 Å². The van der Waals surface area contributed by atoms with Crippen LogP contribution in [0.4, 0.5) is 0 Å². The number of nitrogens with two attached hydrogens (primary N) is 1. The number of amidine groups is 1. The van der Waals surface area contributed by atoms with Gasteiger partial charge in [0.05, 0.1) is 25.5 Å². The van der Waals surface area contributed by atoms with Crippen LogP contribution in [-0.4, -0.2) is 78.0 Å². The van der Waals surface area contributed by atoms with Crippen LogP contribution in [0.3, 0.4) is 0 Å². The van der Waals surface area contributed by atoms with Gasteiger partial charge in [-0.05, 0) is 50.3 Å². The van der Waals surface area contributed by atoms with Crippen LogP contribution in [0.1, 0.15) is 153 Å². The highest BCUT2D eigenvalue weighted by Gasteiger charge is 2.43. The maximum Gasteiger partial charge on any atom is 0.329 e. The van der Waals surface area contributed by atoms with E-state index in [1.54, 1.807) is 6.08 Å². The van der Waals surface area contributed by atoms with Gasteiger partial charge < -0.3 is 44.8 Å². The first-order valence-corrected chi connectivity index (χ1v) is 21.1. The lowest BCUT2D eigenvalue weighted by Crippen LogP contribution is -2.34. The summed E-state index contributed by atoms with van der Waals surface area (Å²) in [6, 6.07) is 6.06. The number of rotatable bonds is 28. The third kappa shape index (κ3) is 20.8. The van der Waals surface area contributed by atoms with Gasteiger partial charge in [0.25, 0.3) is 0 Å². The Kier molecular flexibility index (Phi) is 29.4. The van der Waals surface area contributed by atoms with Crippen LogP contribution >= 0.6 is 8.60 Å². The molecule has 3 rings (SSSR count). The monoisotopic (exact) mass is 766 g/mol. The number of hydrogen-bond acceptors (Lipinski definition) is 11. The number of aliphatic hydroxyl groups is 2. The van der Waals surface area contributed by atoms with Gasteiger partial charge in [0.2, 0.25) is 0 Å². The summed E-state index contributed by atoms with van der Waals surface area (Å²) in [7, 11) is -1.09. The number of hydrogen-bond donors (Lipinski definition) is 5. The number of aliphatic imine (C=N–C) groups is 1. The molecule has 1 saturated heterocycles. The summed E-state index contributed by atoms with van der Waals surface area (Å²) in [4.78, 5) is 14.4. The van der Waals surface area contributed by atoms with Gasteiger partial charge in [-0.25, -0.2) is 4.99 Å². The van der Waals surface area contributed by atoms with Crippen LogP contribution in [0.2, 0.25) is 0 Å². The number of allylic oxidation sites excluding steroid dienone is 1. The van der Waals surface area contributed by atoms with Gasteiger partial charge in [-0.2, -0.15) is 5.26 Å². The minimum Gasteiger partial charge on any atom is -0.400 e. The number of aliphatic hydroxyl groups excluding tert-OH is 2. The maximum absolute atomic E-state index is 10.2.